The molecule has 3 rings (SSSR count). The van der Waals surface area contributed by atoms with Crippen molar-refractivity contribution in [2.75, 3.05) is 20.6 Å². The van der Waals surface area contributed by atoms with Crippen LogP contribution < -0.4 is 16.4 Å². The van der Waals surface area contributed by atoms with E-state index in [9.17, 15) is 28.7 Å². The standard InChI is InChI=1S/C33H42F2N4O5/c1-18(2)11-27(39-17-24(9-10-37(6)7)38(8)32(43)33(39)44)31(42)36-26(16-28(40)41)25-15-22(12-21(5)30(25)35)29-19(3)13-23(34)14-20(29)4/h12-15,17-18,26-27H,9-11,16H2,1-8H3,(H,36,42)(H,40,41)/t26-,27-/m0/s1. The normalized spacial score (nSPS) is 12.9. The maximum absolute atomic E-state index is 15.7. The molecule has 0 bridgehead atoms. The lowest BCUT2D eigenvalue weighted by atomic mass is 9.90. The van der Waals surface area contributed by atoms with Crippen LogP contribution in [0.5, 0.6) is 0 Å². The number of benzene rings is 2. The maximum Gasteiger partial charge on any atom is 0.317 e. The highest BCUT2D eigenvalue weighted by Gasteiger charge is 2.30. The highest BCUT2D eigenvalue weighted by Crippen LogP contribution is 2.34. The molecule has 2 aromatic carbocycles. The molecule has 0 spiro atoms. The molecule has 44 heavy (non-hydrogen) atoms. The molecular weight excluding hydrogens is 570 g/mol. The first-order chi connectivity index (χ1) is 20.5. The van der Waals surface area contributed by atoms with Crippen LogP contribution in [0.3, 0.4) is 0 Å². The highest BCUT2D eigenvalue weighted by atomic mass is 19.1. The Bertz CT molecular complexity index is 1650. The van der Waals surface area contributed by atoms with Gasteiger partial charge in [-0.1, -0.05) is 13.8 Å². The van der Waals surface area contributed by atoms with Gasteiger partial charge < -0.3 is 19.9 Å². The van der Waals surface area contributed by atoms with Gasteiger partial charge in [-0.3, -0.25) is 23.7 Å². The summed E-state index contributed by atoms with van der Waals surface area (Å²) in [4.78, 5) is 53.9. The molecule has 1 heterocycles. The van der Waals surface area contributed by atoms with Crippen LogP contribution in [-0.4, -0.2) is 51.7 Å². The van der Waals surface area contributed by atoms with Gasteiger partial charge in [0.15, 0.2) is 0 Å². The number of rotatable bonds is 12. The van der Waals surface area contributed by atoms with E-state index in [2.05, 4.69) is 5.32 Å². The van der Waals surface area contributed by atoms with Gasteiger partial charge in [-0.05, 0) is 99.3 Å². The first-order valence-corrected chi connectivity index (χ1v) is 14.6. The summed E-state index contributed by atoms with van der Waals surface area (Å²) in [6.07, 6.45) is 1.47. The Morgan fingerprint density at radius 1 is 0.977 bits per heavy atom. The molecular formula is C33H42F2N4O5. The van der Waals surface area contributed by atoms with E-state index in [1.54, 1.807) is 19.9 Å². The number of carbonyl (C=O) groups is 2. The predicted molar refractivity (Wildman–Crippen MR) is 166 cm³/mol. The second kappa shape index (κ2) is 14.1. The van der Waals surface area contributed by atoms with Crippen LogP contribution in [0, 0.1) is 38.3 Å². The quantitative estimate of drug-likeness (QED) is 0.293. The van der Waals surface area contributed by atoms with Crippen molar-refractivity contribution >= 4 is 11.9 Å². The SMILES string of the molecule is Cc1cc(-c2c(C)cc(F)cc2C)cc([C@H](CC(=O)O)NC(=O)[C@H](CC(C)C)n2cc(CCN(C)C)n(C)c(=O)c2=O)c1F. The van der Waals surface area contributed by atoms with Gasteiger partial charge in [-0.2, -0.15) is 0 Å². The van der Waals surface area contributed by atoms with Gasteiger partial charge in [-0.25, -0.2) is 8.78 Å². The van der Waals surface area contributed by atoms with Crippen molar-refractivity contribution in [3.63, 3.8) is 0 Å². The second-order valence-electron chi connectivity index (χ2n) is 12.2. The zero-order valence-electron chi connectivity index (χ0n) is 26.6. The molecule has 9 nitrogen and oxygen atoms in total. The Hall–Kier alpha value is -4.12. The molecule has 2 N–H and O–H groups in total. The van der Waals surface area contributed by atoms with E-state index in [1.807, 2.05) is 32.8 Å². The van der Waals surface area contributed by atoms with Gasteiger partial charge in [0.25, 0.3) is 0 Å². The third-order valence-corrected chi connectivity index (χ3v) is 7.73. The average molecular weight is 613 g/mol. The number of halogens is 2. The van der Waals surface area contributed by atoms with Gasteiger partial charge in [-0.15, -0.1) is 0 Å². The van der Waals surface area contributed by atoms with E-state index in [4.69, 9.17) is 0 Å². The van der Waals surface area contributed by atoms with Crippen molar-refractivity contribution in [3.8, 4) is 11.1 Å². The van der Waals surface area contributed by atoms with Crippen molar-refractivity contribution in [2.45, 2.75) is 66.0 Å². The fourth-order valence-corrected chi connectivity index (χ4v) is 5.53. The van der Waals surface area contributed by atoms with E-state index in [1.165, 1.54) is 42.9 Å². The number of carboxylic acid groups (broad SMARTS) is 1. The Labute approximate surface area is 256 Å². The third-order valence-electron chi connectivity index (χ3n) is 7.73. The van der Waals surface area contributed by atoms with Crippen molar-refractivity contribution < 1.29 is 23.5 Å². The lowest BCUT2D eigenvalue weighted by Gasteiger charge is -2.26. The smallest absolute Gasteiger partial charge is 0.317 e. The molecule has 0 aliphatic carbocycles. The zero-order chi connectivity index (χ0) is 33.0. The van der Waals surface area contributed by atoms with Gasteiger partial charge in [0.05, 0.1) is 12.5 Å². The average Bonchev–Trinajstić information content (AvgIpc) is 2.90. The molecule has 0 aliphatic heterocycles. The number of aliphatic carboxylic acids is 1. The fraction of sp³-hybridized carbons (Fsp3) is 0.455. The van der Waals surface area contributed by atoms with Crippen LogP contribution >= 0.6 is 0 Å². The number of hydrogen-bond acceptors (Lipinski definition) is 5. The summed E-state index contributed by atoms with van der Waals surface area (Å²) in [6.45, 7) is 9.29. The molecule has 3 aromatic rings. The van der Waals surface area contributed by atoms with Crippen LogP contribution in [0.1, 0.15) is 66.7 Å². The third kappa shape index (κ3) is 7.88. The van der Waals surface area contributed by atoms with Crippen LogP contribution in [0.25, 0.3) is 11.1 Å². The summed E-state index contributed by atoms with van der Waals surface area (Å²) in [6, 6.07) is 3.35. The molecule has 1 amide bonds. The summed E-state index contributed by atoms with van der Waals surface area (Å²) in [5, 5.41) is 12.4. The largest absolute Gasteiger partial charge is 0.481 e. The number of nitrogens with zero attached hydrogens (tertiary/aromatic N) is 3. The van der Waals surface area contributed by atoms with Crippen LogP contribution in [0.2, 0.25) is 0 Å². The first kappa shape index (κ1) is 34.4. The minimum atomic E-state index is -1.30. The molecule has 2 atom stereocenters. The Morgan fingerprint density at radius 2 is 1.59 bits per heavy atom. The number of aromatic nitrogens is 2. The van der Waals surface area contributed by atoms with Gasteiger partial charge in [0, 0.05) is 37.5 Å². The highest BCUT2D eigenvalue weighted by molar-refractivity contribution is 5.82. The number of likely N-dealkylation sites (N-methyl/N-ethyl adjacent to an activating group) is 1. The predicted octanol–water partition coefficient (Wildman–Crippen LogP) is 4.44. The number of carbonyl (C=O) groups excluding carboxylic acids is 1. The summed E-state index contributed by atoms with van der Waals surface area (Å²) in [5.74, 6) is -3.17. The van der Waals surface area contributed by atoms with Crippen molar-refractivity contribution in [2.24, 2.45) is 13.0 Å². The summed E-state index contributed by atoms with van der Waals surface area (Å²) in [7, 11) is 5.25. The van der Waals surface area contributed by atoms with E-state index in [0.717, 1.165) is 4.57 Å². The lowest BCUT2D eigenvalue weighted by Crippen LogP contribution is -2.47. The zero-order valence-corrected chi connectivity index (χ0v) is 26.6. The van der Waals surface area contributed by atoms with Crippen LogP contribution in [0.4, 0.5) is 8.78 Å². The van der Waals surface area contributed by atoms with E-state index in [0.29, 0.717) is 40.9 Å². The van der Waals surface area contributed by atoms with Crippen LogP contribution in [-0.2, 0) is 23.1 Å². The van der Waals surface area contributed by atoms with Crippen LogP contribution in [0.15, 0.2) is 40.1 Å². The number of nitrogens with one attached hydrogen (secondary N) is 1. The topological polar surface area (TPSA) is 114 Å². The summed E-state index contributed by atoms with van der Waals surface area (Å²) in [5.41, 5.74) is 1.49. The van der Waals surface area contributed by atoms with Crippen molar-refractivity contribution in [3.05, 3.63) is 90.8 Å². The molecule has 0 unspecified atom stereocenters. The number of amides is 1. The molecule has 238 valence electrons. The Kier molecular flexibility index (Phi) is 11.0. The molecule has 11 heteroatoms. The molecule has 0 saturated carbocycles. The second-order valence-corrected chi connectivity index (χ2v) is 12.2. The lowest BCUT2D eigenvalue weighted by molar-refractivity contribution is -0.138. The van der Waals surface area contributed by atoms with Crippen molar-refractivity contribution in [1.29, 1.82) is 0 Å². The van der Waals surface area contributed by atoms with Crippen molar-refractivity contribution in [1.82, 2.24) is 19.4 Å². The molecule has 0 fully saturated rings. The molecule has 0 aliphatic rings. The molecule has 0 radical (unpaired) electrons. The monoisotopic (exact) mass is 612 g/mol. The van der Waals surface area contributed by atoms with Gasteiger partial charge in [0.2, 0.25) is 5.91 Å². The Morgan fingerprint density at radius 3 is 2.14 bits per heavy atom. The minimum absolute atomic E-state index is 0.0508. The van der Waals surface area contributed by atoms with Gasteiger partial charge in [0.1, 0.15) is 17.7 Å². The fourth-order valence-electron chi connectivity index (χ4n) is 5.53. The summed E-state index contributed by atoms with van der Waals surface area (Å²) >= 11 is 0. The molecule has 1 aromatic heterocycles. The van der Waals surface area contributed by atoms with E-state index in [-0.39, 0.29) is 23.5 Å². The maximum atomic E-state index is 15.7. The Balaban J connectivity index is 2.14. The van der Waals surface area contributed by atoms with Gasteiger partial charge >= 0.3 is 17.1 Å². The minimum Gasteiger partial charge on any atom is -0.481 e. The first-order valence-electron chi connectivity index (χ1n) is 14.6. The number of hydrogen-bond donors (Lipinski definition) is 2. The number of carboxylic acids is 1. The summed E-state index contributed by atoms with van der Waals surface area (Å²) < 4.78 is 32.1. The van der Waals surface area contributed by atoms with E-state index < -0.39 is 53.1 Å². The molecule has 0 saturated heterocycles. The number of aryl methyl sites for hydroxylation is 3. The van der Waals surface area contributed by atoms with E-state index >= 15 is 4.39 Å².